The van der Waals surface area contributed by atoms with Gasteiger partial charge >= 0.3 is 6.09 Å². The van der Waals surface area contributed by atoms with Gasteiger partial charge in [0.2, 0.25) is 5.91 Å². The van der Waals surface area contributed by atoms with E-state index in [9.17, 15) is 24.3 Å². The summed E-state index contributed by atoms with van der Waals surface area (Å²) in [6.07, 6.45) is 0.0761. The van der Waals surface area contributed by atoms with Crippen molar-refractivity contribution in [2.45, 2.75) is 19.1 Å². The van der Waals surface area contributed by atoms with E-state index in [0.29, 0.717) is 30.6 Å². The molecule has 1 aliphatic rings. The second-order valence-electron chi connectivity index (χ2n) is 9.19. The van der Waals surface area contributed by atoms with Gasteiger partial charge in [-0.2, -0.15) is 0 Å². The molecular formula is C30H31N3O6. The summed E-state index contributed by atoms with van der Waals surface area (Å²) in [6, 6.07) is 23.2. The van der Waals surface area contributed by atoms with Gasteiger partial charge < -0.3 is 25.0 Å². The van der Waals surface area contributed by atoms with Gasteiger partial charge in [-0.05, 0) is 24.1 Å². The zero-order valence-corrected chi connectivity index (χ0v) is 21.5. The van der Waals surface area contributed by atoms with Crippen LogP contribution in [0.3, 0.4) is 0 Å². The molecule has 3 amide bonds. The van der Waals surface area contributed by atoms with Gasteiger partial charge in [0, 0.05) is 42.9 Å². The van der Waals surface area contributed by atoms with Crippen LogP contribution >= 0.6 is 0 Å². The Balaban J connectivity index is 1.33. The number of hydrogen-bond acceptors (Lipinski definition) is 6. The first-order valence-electron chi connectivity index (χ1n) is 12.8. The van der Waals surface area contributed by atoms with Crippen LogP contribution in [-0.2, 0) is 16.1 Å². The molecular weight excluding hydrogens is 498 g/mol. The molecule has 0 spiro atoms. The Bertz CT molecular complexity index is 1300. The fourth-order valence-electron chi connectivity index (χ4n) is 4.34. The maximum absolute atomic E-state index is 13.2. The van der Waals surface area contributed by atoms with Crippen molar-refractivity contribution in [3.63, 3.8) is 0 Å². The van der Waals surface area contributed by atoms with Gasteiger partial charge in [0.15, 0.2) is 5.78 Å². The van der Waals surface area contributed by atoms with Gasteiger partial charge in [0.1, 0.15) is 12.6 Å². The maximum atomic E-state index is 13.2. The Hall–Kier alpha value is -4.50. The summed E-state index contributed by atoms with van der Waals surface area (Å²) < 4.78 is 5.41. The molecule has 1 fully saturated rings. The number of carbonyl (C=O) groups is 4. The first-order valence-corrected chi connectivity index (χ1v) is 12.8. The van der Waals surface area contributed by atoms with E-state index < -0.39 is 30.6 Å². The van der Waals surface area contributed by atoms with E-state index in [0.717, 1.165) is 5.56 Å². The quantitative estimate of drug-likeness (QED) is 0.434. The SMILES string of the molecule is O=C(NC(CO)C(=O)N1CCCN(C(=O)OCc2ccccc2)CC1)c1cccc(C(=O)c2ccccc2)c1. The van der Waals surface area contributed by atoms with Crippen LogP contribution in [0.2, 0.25) is 0 Å². The number of benzene rings is 3. The highest BCUT2D eigenvalue weighted by Crippen LogP contribution is 2.13. The number of hydrogen-bond donors (Lipinski definition) is 2. The van der Waals surface area contributed by atoms with Crippen LogP contribution < -0.4 is 5.32 Å². The summed E-state index contributed by atoms with van der Waals surface area (Å²) >= 11 is 0. The third kappa shape index (κ3) is 7.30. The summed E-state index contributed by atoms with van der Waals surface area (Å²) in [7, 11) is 0. The summed E-state index contributed by atoms with van der Waals surface area (Å²) in [6.45, 7) is 0.883. The summed E-state index contributed by atoms with van der Waals surface area (Å²) in [5, 5.41) is 12.5. The Morgan fingerprint density at radius 2 is 1.38 bits per heavy atom. The number of rotatable bonds is 8. The van der Waals surface area contributed by atoms with E-state index in [-0.39, 0.29) is 31.0 Å². The molecule has 1 aliphatic heterocycles. The van der Waals surface area contributed by atoms with E-state index in [1.807, 2.05) is 36.4 Å². The van der Waals surface area contributed by atoms with Crippen LogP contribution in [0.4, 0.5) is 4.79 Å². The number of ketones is 1. The van der Waals surface area contributed by atoms with E-state index in [2.05, 4.69) is 5.32 Å². The van der Waals surface area contributed by atoms with Gasteiger partial charge in [-0.3, -0.25) is 14.4 Å². The summed E-state index contributed by atoms with van der Waals surface area (Å²) in [5.74, 6) is -1.25. The lowest BCUT2D eigenvalue weighted by Gasteiger charge is -2.26. The molecule has 39 heavy (non-hydrogen) atoms. The molecule has 0 bridgehead atoms. The minimum Gasteiger partial charge on any atom is -0.445 e. The van der Waals surface area contributed by atoms with Crippen LogP contribution in [0.1, 0.15) is 38.3 Å². The summed E-state index contributed by atoms with van der Waals surface area (Å²) in [5.41, 5.74) is 1.92. The fraction of sp³-hybridized carbons (Fsp3) is 0.267. The average Bonchev–Trinajstić information content (AvgIpc) is 3.25. The van der Waals surface area contributed by atoms with E-state index in [1.54, 1.807) is 47.4 Å². The molecule has 0 aromatic heterocycles. The van der Waals surface area contributed by atoms with Gasteiger partial charge in [-0.15, -0.1) is 0 Å². The van der Waals surface area contributed by atoms with Crippen molar-refractivity contribution in [1.29, 1.82) is 0 Å². The zero-order chi connectivity index (χ0) is 27.6. The highest BCUT2D eigenvalue weighted by molar-refractivity contribution is 6.10. The van der Waals surface area contributed by atoms with Crippen molar-refractivity contribution in [3.05, 3.63) is 107 Å². The minimum atomic E-state index is -1.16. The van der Waals surface area contributed by atoms with Crippen molar-refractivity contribution in [1.82, 2.24) is 15.1 Å². The molecule has 1 unspecified atom stereocenters. The molecule has 2 N–H and O–H groups in total. The van der Waals surface area contributed by atoms with E-state index in [1.165, 1.54) is 11.0 Å². The fourth-order valence-corrected chi connectivity index (χ4v) is 4.34. The van der Waals surface area contributed by atoms with Crippen molar-refractivity contribution in [2.75, 3.05) is 32.8 Å². The molecule has 0 aliphatic carbocycles. The van der Waals surface area contributed by atoms with Gasteiger partial charge in [-0.25, -0.2) is 4.79 Å². The van der Waals surface area contributed by atoms with Crippen molar-refractivity contribution in [3.8, 4) is 0 Å². The molecule has 4 rings (SSSR count). The van der Waals surface area contributed by atoms with E-state index in [4.69, 9.17) is 4.74 Å². The standard InChI is InChI=1S/C30H31N3O6/c34-20-26(31-28(36)25-14-7-13-24(19-25)27(35)23-11-5-2-6-12-23)29(37)32-15-8-16-33(18-17-32)30(38)39-21-22-9-3-1-4-10-22/h1-7,9-14,19,26,34H,8,15-18,20-21H2,(H,31,36). The molecule has 1 saturated heterocycles. The zero-order valence-electron chi connectivity index (χ0n) is 21.5. The molecule has 9 nitrogen and oxygen atoms in total. The molecule has 1 heterocycles. The van der Waals surface area contributed by atoms with Gasteiger partial charge in [-0.1, -0.05) is 72.8 Å². The Morgan fingerprint density at radius 1 is 0.769 bits per heavy atom. The topological polar surface area (TPSA) is 116 Å². The lowest BCUT2D eigenvalue weighted by molar-refractivity contribution is -0.134. The van der Waals surface area contributed by atoms with Crippen LogP contribution in [0.15, 0.2) is 84.9 Å². The predicted molar refractivity (Wildman–Crippen MR) is 144 cm³/mol. The molecule has 9 heteroatoms. The number of ether oxygens (including phenoxy) is 1. The lowest BCUT2D eigenvalue weighted by Crippen LogP contribution is -2.51. The first kappa shape index (κ1) is 27.5. The van der Waals surface area contributed by atoms with Crippen molar-refractivity contribution < 1.29 is 29.0 Å². The number of carbonyl (C=O) groups excluding carboxylic acids is 4. The van der Waals surface area contributed by atoms with Gasteiger partial charge in [0.25, 0.3) is 5.91 Å². The molecule has 0 radical (unpaired) electrons. The molecule has 3 aromatic rings. The second-order valence-corrected chi connectivity index (χ2v) is 9.19. The molecule has 0 saturated carbocycles. The van der Waals surface area contributed by atoms with Crippen LogP contribution in [0.5, 0.6) is 0 Å². The molecule has 202 valence electrons. The van der Waals surface area contributed by atoms with Gasteiger partial charge in [0.05, 0.1) is 6.61 Å². The number of nitrogens with one attached hydrogen (secondary N) is 1. The Morgan fingerprint density at radius 3 is 2.10 bits per heavy atom. The number of nitrogens with zero attached hydrogens (tertiary/aromatic N) is 2. The Labute approximate surface area is 227 Å². The maximum Gasteiger partial charge on any atom is 0.410 e. The predicted octanol–water partition coefficient (Wildman–Crippen LogP) is 2.88. The van der Waals surface area contributed by atoms with Crippen molar-refractivity contribution >= 4 is 23.7 Å². The number of aliphatic hydroxyl groups excluding tert-OH is 1. The van der Waals surface area contributed by atoms with Crippen LogP contribution in [0.25, 0.3) is 0 Å². The third-order valence-electron chi connectivity index (χ3n) is 6.48. The average molecular weight is 530 g/mol. The summed E-state index contributed by atoms with van der Waals surface area (Å²) in [4.78, 5) is 54.5. The largest absolute Gasteiger partial charge is 0.445 e. The van der Waals surface area contributed by atoms with Crippen LogP contribution in [-0.4, -0.2) is 77.4 Å². The first-order chi connectivity index (χ1) is 19.0. The van der Waals surface area contributed by atoms with Crippen molar-refractivity contribution in [2.24, 2.45) is 0 Å². The van der Waals surface area contributed by atoms with Crippen LogP contribution in [0, 0.1) is 0 Å². The second kappa shape index (κ2) is 13.3. The Kier molecular flexibility index (Phi) is 9.42. The highest BCUT2D eigenvalue weighted by Gasteiger charge is 2.29. The number of aliphatic hydroxyl groups is 1. The molecule has 3 aromatic carbocycles. The van der Waals surface area contributed by atoms with E-state index >= 15 is 0 Å². The number of amides is 3. The lowest BCUT2D eigenvalue weighted by atomic mass is 10.0. The third-order valence-corrected chi connectivity index (χ3v) is 6.48. The highest BCUT2D eigenvalue weighted by atomic mass is 16.6. The normalized spacial score (nSPS) is 14.2. The molecule has 1 atom stereocenters. The minimum absolute atomic E-state index is 0.162. The smallest absolute Gasteiger partial charge is 0.410 e. The monoisotopic (exact) mass is 529 g/mol.